The summed E-state index contributed by atoms with van der Waals surface area (Å²) in [6, 6.07) is 8.53. The minimum Gasteiger partial charge on any atom is -0.386 e. The fraction of sp³-hybridized carbons (Fsp3) is 0.200. The molecule has 0 bridgehead atoms. The fourth-order valence-corrected chi connectivity index (χ4v) is 2.19. The lowest BCUT2D eigenvalue weighted by Crippen LogP contribution is -2.26. The minimum atomic E-state index is -0.277. The number of nitrogens with one attached hydrogen (secondary N) is 1. The molecule has 4 nitrogen and oxygen atoms in total. The van der Waals surface area contributed by atoms with Crippen LogP contribution in [0.1, 0.15) is 16.0 Å². The third-order valence-corrected chi connectivity index (χ3v) is 3.51. The van der Waals surface area contributed by atoms with E-state index in [4.69, 9.17) is 4.84 Å². The van der Waals surface area contributed by atoms with Crippen LogP contribution in [0.4, 0.5) is 4.39 Å². The summed E-state index contributed by atoms with van der Waals surface area (Å²) < 4.78 is 13.1. The molecule has 0 atom stereocenters. The number of aryl methyl sites for hydroxylation is 1. The number of hydrogen-bond acceptors (Lipinski definition) is 4. The molecule has 1 amide bonds. The van der Waals surface area contributed by atoms with Gasteiger partial charge in [-0.3, -0.25) is 4.79 Å². The van der Waals surface area contributed by atoms with Crippen LogP contribution in [0.5, 0.6) is 0 Å². The molecular formula is C15H15FN2O2S. The Morgan fingerprint density at radius 1 is 1.48 bits per heavy atom. The number of carbonyl (C=O) groups excluding carboxylic acids is 1. The Kier molecular flexibility index (Phi) is 5.45. The molecule has 6 heteroatoms. The normalized spacial score (nSPS) is 10.8. The summed E-state index contributed by atoms with van der Waals surface area (Å²) in [7, 11) is 0. The lowest BCUT2D eigenvalue weighted by Gasteiger charge is -2.05. The number of amides is 1. The number of thiophene rings is 1. The highest BCUT2D eigenvalue weighted by Crippen LogP contribution is 2.08. The van der Waals surface area contributed by atoms with Crippen molar-refractivity contribution < 1.29 is 14.0 Å². The van der Waals surface area contributed by atoms with Gasteiger partial charge in [0.1, 0.15) is 5.82 Å². The molecule has 0 saturated heterocycles. The van der Waals surface area contributed by atoms with Gasteiger partial charge < -0.3 is 10.2 Å². The van der Waals surface area contributed by atoms with Crippen molar-refractivity contribution in [2.24, 2.45) is 5.16 Å². The molecule has 1 aromatic heterocycles. The molecule has 0 aliphatic carbocycles. The first kappa shape index (κ1) is 15.2. The van der Waals surface area contributed by atoms with E-state index in [0.29, 0.717) is 12.1 Å². The van der Waals surface area contributed by atoms with Crippen LogP contribution in [-0.2, 0) is 16.2 Å². The SMILES string of the molecule is Cc1cc(CNC(=O)CO/N=C/c2cccs2)ccc1F. The first-order valence-electron chi connectivity index (χ1n) is 6.36. The molecular weight excluding hydrogens is 291 g/mol. The molecule has 1 heterocycles. The molecule has 0 saturated carbocycles. The highest BCUT2D eigenvalue weighted by Gasteiger charge is 2.03. The van der Waals surface area contributed by atoms with Crippen LogP contribution >= 0.6 is 11.3 Å². The van der Waals surface area contributed by atoms with Crippen molar-refractivity contribution in [2.45, 2.75) is 13.5 Å². The van der Waals surface area contributed by atoms with Crippen LogP contribution in [0.3, 0.4) is 0 Å². The summed E-state index contributed by atoms with van der Waals surface area (Å²) in [6.07, 6.45) is 1.56. The molecule has 0 spiro atoms. The van der Waals surface area contributed by atoms with E-state index in [2.05, 4.69) is 10.5 Å². The molecule has 2 rings (SSSR count). The Morgan fingerprint density at radius 2 is 2.33 bits per heavy atom. The second-order valence-corrected chi connectivity index (χ2v) is 5.36. The average molecular weight is 306 g/mol. The van der Waals surface area contributed by atoms with Gasteiger partial charge in [-0.1, -0.05) is 23.4 Å². The quantitative estimate of drug-likeness (QED) is 0.659. The van der Waals surface area contributed by atoms with Gasteiger partial charge in [0.2, 0.25) is 0 Å². The van der Waals surface area contributed by atoms with Crippen LogP contribution in [0.15, 0.2) is 40.9 Å². The first-order valence-corrected chi connectivity index (χ1v) is 7.23. The van der Waals surface area contributed by atoms with Crippen molar-refractivity contribution in [2.75, 3.05) is 6.61 Å². The third-order valence-electron chi connectivity index (χ3n) is 2.71. The Bertz CT molecular complexity index is 627. The maximum absolute atomic E-state index is 13.1. The fourth-order valence-electron chi connectivity index (χ4n) is 1.62. The van der Waals surface area contributed by atoms with Crippen LogP contribution < -0.4 is 5.32 Å². The summed E-state index contributed by atoms with van der Waals surface area (Å²) in [5.74, 6) is -0.531. The summed E-state index contributed by atoms with van der Waals surface area (Å²) in [5, 5.41) is 8.32. The van der Waals surface area contributed by atoms with Crippen LogP contribution in [0, 0.1) is 12.7 Å². The van der Waals surface area contributed by atoms with Gasteiger partial charge in [-0.25, -0.2) is 4.39 Å². The van der Waals surface area contributed by atoms with Gasteiger partial charge in [0.15, 0.2) is 6.61 Å². The second-order valence-electron chi connectivity index (χ2n) is 4.38. The average Bonchev–Trinajstić information content (AvgIpc) is 2.98. The molecule has 0 aliphatic heterocycles. The van der Waals surface area contributed by atoms with Crippen molar-refractivity contribution >= 4 is 23.5 Å². The number of rotatable bonds is 6. The topological polar surface area (TPSA) is 50.7 Å². The summed E-state index contributed by atoms with van der Waals surface area (Å²) >= 11 is 1.53. The Hall–Kier alpha value is -2.21. The number of nitrogens with zero attached hydrogens (tertiary/aromatic N) is 1. The molecule has 1 N–H and O–H groups in total. The van der Waals surface area contributed by atoms with Gasteiger partial charge in [0.25, 0.3) is 5.91 Å². The van der Waals surface area contributed by atoms with Crippen molar-refractivity contribution in [3.8, 4) is 0 Å². The highest BCUT2D eigenvalue weighted by molar-refractivity contribution is 7.11. The minimum absolute atomic E-state index is 0.151. The van der Waals surface area contributed by atoms with Gasteiger partial charge in [-0.05, 0) is 35.6 Å². The highest BCUT2D eigenvalue weighted by atomic mass is 32.1. The standard InChI is InChI=1S/C15H15FN2O2S/c1-11-7-12(4-5-14(11)16)8-17-15(19)10-20-18-9-13-3-2-6-21-13/h2-7,9H,8,10H2,1H3,(H,17,19)/b18-9+. The molecule has 0 unspecified atom stereocenters. The third kappa shape index (κ3) is 5.00. The zero-order valence-electron chi connectivity index (χ0n) is 11.5. The van der Waals surface area contributed by atoms with E-state index in [-0.39, 0.29) is 18.3 Å². The number of halogens is 1. The monoisotopic (exact) mass is 306 g/mol. The zero-order valence-corrected chi connectivity index (χ0v) is 12.3. The van der Waals surface area contributed by atoms with Crippen molar-refractivity contribution in [1.29, 1.82) is 0 Å². The van der Waals surface area contributed by atoms with Gasteiger partial charge in [-0.2, -0.15) is 0 Å². The van der Waals surface area contributed by atoms with E-state index in [1.807, 2.05) is 17.5 Å². The van der Waals surface area contributed by atoms with E-state index >= 15 is 0 Å². The lowest BCUT2D eigenvalue weighted by molar-refractivity contribution is -0.125. The summed E-state index contributed by atoms with van der Waals surface area (Å²) in [6.45, 7) is 1.86. The number of carbonyl (C=O) groups is 1. The molecule has 2 aromatic rings. The molecule has 1 aromatic carbocycles. The Balaban J connectivity index is 1.71. The van der Waals surface area contributed by atoms with Gasteiger partial charge >= 0.3 is 0 Å². The van der Waals surface area contributed by atoms with Crippen LogP contribution in [0.25, 0.3) is 0 Å². The van der Waals surface area contributed by atoms with E-state index in [1.54, 1.807) is 25.3 Å². The molecule has 0 fully saturated rings. The second kappa shape index (κ2) is 7.54. The van der Waals surface area contributed by atoms with Gasteiger partial charge in [0.05, 0.1) is 6.21 Å². The maximum Gasteiger partial charge on any atom is 0.261 e. The van der Waals surface area contributed by atoms with E-state index in [1.165, 1.54) is 17.4 Å². The van der Waals surface area contributed by atoms with Gasteiger partial charge in [0, 0.05) is 11.4 Å². The van der Waals surface area contributed by atoms with Crippen molar-refractivity contribution in [1.82, 2.24) is 5.32 Å². The molecule has 0 aliphatic rings. The molecule has 110 valence electrons. The first-order chi connectivity index (χ1) is 10.1. The number of oxime groups is 1. The summed E-state index contributed by atoms with van der Waals surface area (Å²) in [5.41, 5.74) is 1.39. The van der Waals surface area contributed by atoms with E-state index < -0.39 is 0 Å². The molecule has 21 heavy (non-hydrogen) atoms. The predicted molar refractivity (Wildman–Crippen MR) is 80.8 cm³/mol. The zero-order chi connectivity index (χ0) is 15.1. The Labute approximate surface area is 126 Å². The van der Waals surface area contributed by atoms with E-state index in [9.17, 15) is 9.18 Å². The number of hydrogen-bond donors (Lipinski definition) is 1. The smallest absolute Gasteiger partial charge is 0.261 e. The summed E-state index contributed by atoms with van der Waals surface area (Å²) in [4.78, 5) is 17.4. The van der Waals surface area contributed by atoms with Crippen LogP contribution in [-0.4, -0.2) is 18.7 Å². The van der Waals surface area contributed by atoms with Crippen molar-refractivity contribution in [3.63, 3.8) is 0 Å². The predicted octanol–water partition coefficient (Wildman–Crippen LogP) is 2.86. The van der Waals surface area contributed by atoms with Crippen molar-refractivity contribution in [3.05, 3.63) is 57.5 Å². The van der Waals surface area contributed by atoms with Crippen LogP contribution in [0.2, 0.25) is 0 Å². The number of benzene rings is 1. The maximum atomic E-state index is 13.1. The van der Waals surface area contributed by atoms with Gasteiger partial charge in [-0.15, -0.1) is 11.3 Å². The lowest BCUT2D eigenvalue weighted by atomic mass is 10.1. The Morgan fingerprint density at radius 3 is 3.05 bits per heavy atom. The molecule has 0 radical (unpaired) electrons. The van der Waals surface area contributed by atoms with E-state index in [0.717, 1.165) is 10.4 Å². The largest absolute Gasteiger partial charge is 0.386 e.